The number of fused-ring (bicyclic) bond motifs is 1. The first kappa shape index (κ1) is 10.5. The standard InChI is InChI=1S/C12H11N3O3/c1-15-8-5-7(16)3-2-6(8)4-9(15)11-10(13)12(17)14-18-11/h2-5,16H,13H2,1H3,(H,14,17). The van der Waals surface area contributed by atoms with Gasteiger partial charge in [-0.1, -0.05) is 0 Å². The molecule has 1 aromatic carbocycles. The minimum absolute atomic E-state index is 0.0464. The Kier molecular flexibility index (Phi) is 2.00. The fraction of sp³-hybridized carbons (Fsp3) is 0.0833. The third-order valence-corrected chi connectivity index (χ3v) is 3.00. The lowest BCUT2D eigenvalue weighted by molar-refractivity contribution is 0.424. The number of aromatic hydroxyl groups is 1. The van der Waals surface area contributed by atoms with Gasteiger partial charge in [0.2, 0.25) is 5.76 Å². The normalized spacial score (nSPS) is 11.2. The Hall–Kier alpha value is -2.63. The number of hydrogen-bond acceptors (Lipinski definition) is 4. The number of rotatable bonds is 1. The topological polar surface area (TPSA) is 97.2 Å². The number of anilines is 1. The van der Waals surface area contributed by atoms with Crippen LogP contribution in [0.3, 0.4) is 0 Å². The number of hydrogen-bond donors (Lipinski definition) is 3. The van der Waals surface area contributed by atoms with E-state index < -0.39 is 5.56 Å². The number of nitrogen functional groups attached to an aromatic ring is 1. The van der Waals surface area contributed by atoms with Crippen LogP contribution in [0.25, 0.3) is 22.4 Å². The zero-order valence-electron chi connectivity index (χ0n) is 9.60. The van der Waals surface area contributed by atoms with Crippen LogP contribution in [0, 0.1) is 0 Å². The number of aromatic amines is 1. The summed E-state index contributed by atoms with van der Waals surface area (Å²) in [6, 6.07) is 6.87. The number of phenols is 1. The van der Waals surface area contributed by atoms with Crippen LogP contribution in [0.5, 0.6) is 5.75 Å². The number of nitrogens with two attached hydrogens (primary N) is 1. The third-order valence-electron chi connectivity index (χ3n) is 3.00. The fourth-order valence-electron chi connectivity index (χ4n) is 2.04. The smallest absolute Gasteiger partial charge is 0.303 e. The lowest BCUT2D eigenvalue weighted by Gasteiger charge is -2.01. The minimum atomic E-state index is -0.446. The summed E-state index contributed by atoms with van der Waals surface area (Å²) in [5.74, 6) is 0.483. The van der Waals surface area contributed by atoms with Gasteiger partial charge >= 0.3 is 5.56 Å². The summed E-state index contributed by atoms with van der Waals surface area (Å²) in [4.78, 5) is 11.3. The highest BCUT2D eigenvalue weighted by molar-refractivity contribution is 5.88. The highest BCUT2D eigenvalue weighted by Crippen LogP contribution is 2.30. The Balaban J connectivity index is 2.34. The number of aryl methyl sites for hydroxylation is 1. The van der Waals surface area contributed by atoms with E-state index in [2.05, 4.69) is 5.16 Å². The van der Waals surface area contributed by atoms with Gasteiger partial charge in [-0.15, -0.1) is 0 Å². The maximum Gasteiger partial charge on any atom is 0.303 e. The molecule has 6 heteroatoms. The van der Waals surface area contributed by atoms with Gasteiger partial charge in [-0.25, -0.2) is 0 Å². The van der Waals surface area contributed by atoms with E-state index in [1.54, 1.807) is 22.8 Å². The molecule has 4 N–H and O–H groups in total. The second kappa shape index (κ2) is 3.43. The monoisotopic (exact) mass is 245 g/mol. The van der Waals surface area contributed by atoms with E-state index in [0.29, 0.717) is 11.5 Å². The Bertz CT molecular complexity index is 795. The van der Waals surface area contributed by atoms with Crippen molar-refractivity contribution in [3.05, 3.63) is 34.6 Å². The lowest BCUT2D eigenvalue weighted by atomic mass is 10.2. The van der Waals surface area contributed by atoms with Crippen LogP contribution < -0.4 is 11.3 Å². The summed E-state index contributed by atoms with van der Waals surface area (Å²) in [5, 5.41) is 12.6. The molecule has 0 aliphatic heterocycles. The zero-order valence-corrected chi connectivity index (χ0v) is 9.60. The first-order chi connectivity index (χ1) is 8.58. The second-order valence-corrected chi connectivity index (χ2v) is 4.11. The highest BCUT2D eigenvalue weighted by Gasteiger charge is 2.16. The molecule has 92 valence electrons. The maximum absolute atomic E-state index is 11.3. The van der Waals surface area contributed by atoms with E-state index in [-0.39, 0.29) is 11.4 Å². The minimum Gasteiger partial charge on any atom is -0.508 e. The van der Waals surface area contributed by atoms with Crippen LogP contribution in [-0.2, 0) is 7.05 Å². The average Bonchev–Trinajstić information content (AvgIpc) is 2.83. The highest BCUT2D eigenvalue weighted by atomic mass is 16.5. The number of benzene rings is 1. The Morgan fingerprint density at radius 3 is 2.83 bits per heavy atom. The van der Waals surface area contributed by atoms with Gasteiger partial charge in [0.15, 0.2) is 0 Å². The SMILES string of the molecule is Cn1c(-c2o[nH]c(=O)c2N)cc2ccc(O)cc21. The maximum atomic E-state index is 11.3. The van der Waals surface area contributed by atoms with E-state index in [0.717, 1.165) is 10.9 Å². The summed E-state index contributed by atoms with van der Waals surface area (Å²) in [6.07, 6.45) is 0. The molecule has 6 nitrogen and oxygen atoms in total. The van der Waals surface area contributed by atoms with Crippen molar-refractivity contribution in [1.82, 2.24) is 9.72 Å². The van der Waals surface area contributed by atoms with Gasteiger partial charge < -0.3 is 19.9 Å². The molecule has 2 heterocycles. The lowest BCUT2D eigenvalue weighted by Crippen LogP contribution is -2.05. The molecule has 3 aromatic rings. The van der Waals surface area contributed by atoms with Crippen LogP contribution in [0.4, 0.5) is 5.69 Å². The van der Waals surface area contributed by atoms with E-state index in [9.17, 15) is 9.90 Å². The average molecular weight is 245 g/mol. The fourth-order valence-corrected chi connectivity index (χ4v) is 2.04. The van der Waals surface area contributed by atoms with Crippen molar-refractivity contribution >= 4 is 16.6 Å². The van der Waals surface area contributed by atoms with E-state index in [1.165, 1.54) is 0 Å². The molecular formula is C12H11N3O3. The van der Waals surface area contributed by atoms with Gasteiger partial charge in [-0.3, -0.25) is 4.79 Å². The van der Waals surface area contributed by atoms with E-state index >= 15 is 0 Å². The van der Waals surface area contributed by atoms with Crippen molar-refractivity contribution in [2.24, 2.45) is 7.05 Å². The molecule has 0 saturated carbocycles. The van der Waals surface area contributed by atoms with E-state index in [4.69, 9.17) is 10.3 Å². The van der Waals surface area contributed by atoms with Crippen molar-refractivity contribution in [2.45, 2.75) is 0 Å². The van der Waals surface area contributed by atoms with Gasteiger partial charge in [0.05, 0.1) is 11.2 Å². The second-order valence-electron chi connectivity index (χ2n) is 4.11. The van der Waals surface area contributed by atoms with Crippen LogP contribution in [0.1, 0.15) is 0 Å². The molecule has 0 aliphatic rings. The summed E-state index contributed by atoms with van der Waals surface area (Å²) in [7, 11) is 1.81. The third kappa shape index (κ3) is 1.32. The molecule has 0 radical (unpaired) electrons. The largest absolute Gasteiger partial charge is 0.508 e. The number of phenolic OH excluding ortho intramolecular Hbond substituents is 1. The molecule has 18 heavy (non-hydrogen) atoms. The van der Waals surface area contributed by atoms with Crippen molar-refractivity contribution in [3.8, 4) is 17.2 Å². The zero-order chi connectivity index (χ0) is 12.9. The molecule has 0 bridgehead atoms. The molecule has 0 unspecified atom stereocenters. The molecule has 0 atom stereocenters. The van der Waals surface area contributed by atoms with Gasteiger partial charge in [-0.2, -0.15) is 5.16 Å². The summed E-state index contributed by atoms with van der Waals surface area (Å²) in [5.41, 5.74) is 6.75. The van der Waals surface area contributed by atoms with Crippen molar-refractivity contribution < 1.29 is 9.63 Å². The van der Waals surface area contributed by atoms with Crippen LogP contribution in [0.2, 0.25) is 0 Å². The van der Waals surface area contributed by atoms with Gasteiger partial charge in [0, 0.05) is 18.5 Å². The van der Waals surface area contributed by atoms with Crippen molar-refractivity contribution in [1.29, 1.82) is 0 Å². The van der Waals surface area contributed by atoms with Gasteiger partial charge in [0.1, 0.15) is 11.4 Å². The van der Waals surface area contributed by atoms with E-state index in [1.807, 2.05) is 13.1 Å². The first-order valence-corrected chi connectivity index (χ1v) is 5.33. The number of nitrogens with zero attached hydrogens (tertiary/aromatic N) is 1. The molecule has 3 rings (SSSR count). The number of aromatic nitrogens is 2. The van der Waals surface area contributed by atoms with Crippen LogP contribution in [-0.4, -0.2) is 14.8 Å². The van der Waals surface area contributed by atoms with Crippen LogP contribution in [0.15, 0.2) is 33.6 Å². The van der Waals surface area contributed by atoms with Crippen molar-refractivity contribution in [3.63, 3.8) is 0 Å². The number of nitrogens with one attached hydrogen (secondary N) is 1. The predicted octanol–water partition coefficient (Wildman–Crippen LogP) is 1.41. The molecule has 0 fully saturated rings. The molecule has 2 aromatic heterocycles. The van der Waals surface area contributed by atoms with Crippen LogP contribution >= 0.6 is 0 Å². The first-order valence-electron chi connectivity index (χ1n) is 5.33. The van der Waals surface area contributed by atoms with Gasteiger partial charge in [0.25, 0.3) is 0 Å². The molecule has 0 aliphatic carbocycles. The van der Waals surface area contributed by atoms with Crippen molar-refractivity contribution in [2.75, 3.05) is 5.73 Å². The number of H-pyrrole nitrogens is 1. The summed E-state index contributed by atoms with van der Waals surface area (Å²) < 4.78 is 6.88. The molecular weight excluding hydrogens is 234 g/mol. The van der Waals surface area contributed by atoms with Gasteiger partial charge in [-0.05, 0) is 18.2 Å². The Morgan fingerprint density at radius 2 is 2.17 bits per heavy atom. The summed E-state index contributed by atoms with van der Waals surface area (Å²) in [6.45, 7) is 0. The Morgan fingerprint density at radius 1 is 1.39 bits per heavy atom. The molecule has 0 amide bonds. The Labute approximate surface area is 101 Å². The molecule has 0 spiro atoms. The summed E-state index contributed by atoms with van der Waals surface area (Å²) >= 11 is 0. The quantitative estimate of drug-likeness (QED) is 0.603. The predicted molar refractivity (Wildman–Crippen MR) is 67.3 cm³/mol. The molecule has 0 saturated heterocycles.